The molecule has 1 aliphatic rings. The van der Waals surface area contributed by atoms with Gasteiger partial charge in [-0.05, 0) is 26.2 Å². The van der Waals surface area contributed by atoms with Gasteiger partial charge >= 0.3 is 0 Å². The molecule has 0 aromatic heterocycles. The van der Waals surface area contributed by atoms with Gasteiger partial charge in [-0.3, -0.25) is 4.79 Å². The molecule has 1 fully saturated rings. The molecule has 4 heteroatoms. The molecule has 18 heavy (non-hydrogen) atoms. The van der Waals surface area contributed by atoms with E-state index in [9.17, 15) is 4.79 Å². The van der Waals surface area contributed by atoms with Crippen LogP contribution in [0, 0.1) is 5.41 Å². The molecule has 0 heterocycles. The molecule has 1 unspecified atom stereocenters. The van der Waals surface area contributed by atoms with Crippen molar-refractivity contribution in [1.29, 1.82) is 0 Å². The number of amides is 1. The summed E-state index contributed by atoms with van der Waals surface area (Å²) >= 11 is 5.24. The lowest BCUT2D eigenvalue weighted by molar-refractivity contribution is -0.139. The maximum atomic E-state index is 12.8. The van der Waals surface area contributed by atoms with Crippen LogP contribution >= 0.6 is 12.2 Å². The maximum Gasteiger partial charge on any atom is 0.235 e. The number of nitrogens with zero attached hydrogens (tertiary/aromatic N) is 1. The molecular formula is C14H26N2OS. The lowest BCUT2D eigenvalue weighted by Crippen LogP contribution is -2.51. The van der Waals surface area contributed by atoms with E-state index in [1.54, 1.807) is 0 Å². The molecule has 104 valence electrons. The number of nitrogens with two attached hydrogens (primary N) is 1. The SMILES string of the molecule is CCC(C)N(C)C(=O)C1(C(N)=S)CCCCCC1. The van der Waals surface area contributed by atoms with Crippen molar-refractivity contribution in [3.05, 3.63) is 0 Å². The number of rotatable bonds is 4. The van der Waals surface area contributed by atoms with Crippen LogP contribution in [0.15, 0.2) is 0 Å². The van der Waals surface area contributed by atoms with Crippen molar-refractivity contribution in [2.45, 2.75) is 64.8 Å². The van der Waals surface area contributed by atoms with E-state index in [4.69, 9.17) is 18.0 Å². The Morgan fingerprint density at radius 2 is 1.83 bits per heavy atom. The number of hydrogen-bond donors (Lipinski definition) is 1. The molecule has 0 aliphatic heterocycles. The van der Waals surface area contributed by atoms with Crippen molar-refractivity contribution in [2.24, 2.45) is 11.1 Å². The normalized spacial score (nSPS) is 20.8. The Labute approximate surface area is 116 Å². The third-order valence-corrected chi connectivity index (χ3v) is 4.80. The molecule has 0 radical (unpaired) electrons. The predicted octanol–water partition coefficient (Wildman–Crippen LogP) is 2.87. The molecule has 1 amide bonds. The summed E-state index contributed by atoms with van der Waals surface area (Å²) < 4.78 is 0. The monoisotopic (exact) mass is 270 g/mol. The molecule has 0 aromatic rings. The zero-order valence-corrected chi connectivity index (χ0v) is 12.7. The molecule has 1 aliphatic carbocycles. The number of thiocarbonyl (C=S) groups is 1. The van der Waals surface area contributed by atoms with E-state index < -0.39 is 5.41 Å². The van der Waals surface area contributed by atoms with Gasteiger partial charge in [-0.15, -0.1) is 0 Å². The second-order valence-electron chi connectivity index (χ2n) is 5.53. The minimum absolute atomic E-state index is 0.131. The van der Waals surface area contributed by atoms with E-state index in [-0.39, 0.29) is 11.9 Å². The minimum Gasteiger partial charge on any atom is -0.392 e. The van der Waals surface area contributed by atoms with Crippen molar-refractivity contribution >= 4 is 23.1 Å². The van der Waals surface area contributed by atoms with Crippen molar-refractivity contribution in [3.63, 3.8) is 0 Å². The molecule has 3 nitrogen and oxygen atoms in total. The Morgan fingerprint density at radius 3 is 2.22 bits per heavy atom. The largest absolute Gasteiger partial charge is 0.392 e. The predicted molar refractivity (Wildman–Crippen MR) is 79.4 cm³/mol. The summed E-state index contributed by atoms with van der Waals surface area (Å²) in [6, 6.07) is 0.243. The average molecular weight is 270 g/mol. The first kappa shape index (κ1) is 15.4. The standard InChI is InChI=1S/C14H26N2OS/c1-4-11(2)16(3)13(17)14(12(15)18)9-7-5-6-8-10-14/h11H,4-10H2,1-3H3,(H2,15,18). The van der Waals surface area contributed by atoms with Crippen LogP contribution in [0.2, 0.25) is 0 Å². The van der Waals surface area contributed by atoms with Gasteiger partial charge < -0.3 is 10.6 Å². The first-order valence-electron chi connectivity index (χ1n) is 7.03. The molecule has 0 aromatic carbocycles. The minimum atomic E-state index is -0.579. The van der Waals surface area contributed by atoms with Gasteiger partial charge in [0.15, 0.2) is 0 Å². The molecule has 1 rings (SSSR count). The Hall–Kier alpha value is -0.640. The fourth-order valence-electron chi connectivity index (χ4n) is 2.71. The molecule has 0 bridgehead atoms. The third-order valence-electron chi connectivity index (χ3n) is 4.41. The van der Waals surface area contributed by atoms with Crippen LogP contribution in [-0.2, 0) is 4.79 Å². The van der Waals surface area contributed by atoms with Crippen LogP contribution in [0.1, 0.15) is 58.8 Å². The van der Waals surface area contributed by atoms with E-state index in [1.807, 2.05) is 11.9 Å². The summed E-state index contributed by atoms with van der Waals surface area (Å²) in [6.07, 6.45) is 7.07. The second kappa shape index (κ2) is 6.50. The quantitative estimate of drug-likeness (QED) is 0.631. The van der Waals surface area contributed by atoms with Gasteiger partial charge in [-0.1, -0.05) is 44.8 Å². The molecule has 0 saturated heterocycles. The average Bonchev–Trinajstić information content (AvgIpc) is 2.62. The second-order valence-corrected chi connectivity index (χ2v) is 5.97. The van der Waals surface area contributed by atoms with Crippen LogP contribution in [0.3, 0.4) is 0 Å². The summed E-state index contributed by atoms with van der Waals surface area (Å²) in [5.41, 5.74) is 5.36. The van der Waals surface area contributed by atoms with Crippen LogP contribution in [0.4, 0.5) is 0 Å². The first-order valence-corrected chi connectivity index (χ1v) is 7.43. The summed E-state index contributed by atoms with van der Waals surface area (Å²) in [6.45, 7) is 4.16. The number of hydrogen-bond acceptors (Lipinski definition) is 2. The van der Waals surface area contributed by atoms with Gasteiger partial charge in [-0.2, -0.15) is 0 Å². The zero-order chi connectivity index (χ0) is 13.8. The van der Waals surface area contributed by atoms with Crippen LogP contribution < -0.4 is 5.73 Å². The Morgan fingerprint density at radius 1 is 1.33 bits per heavy atom. The fraction of sp³-hybridized carbons (Fsp3) is 0.857. The fourth-order valence-corrected chi connectivity index (χ4v) is 3.00. The van der Waals surface area contributed by atoms with Gasteiger partial charge in [0.05, 0.1) is 10.4 Å². The van der Waals surface area contributed by atoms with E-state index in [1.165, 1.54) is 12.8 Å². The van der Waals surface area contributed by atoms with Crippen molar-refractivity contribution in [3.8, 4) is 0 Å². The lowest BCUT2D eigenvalue weighted by atomic mass is 9.78. The smallest absolute Gasteiger partial charge is 0.235 e. The van der Waals surface area contributed by atoms with E-state index in [0.29, 0.717) is 4.99 Å². The van der Waals surface area contributed by atoms with Gasteiger partial charge in [0.25, 0.3) is 0 Å². The summed E-state index contributed by atoms with van der Waals surface area (Å²) in [7, 11) is 1.88. The highest BCUT2D eigenvalue weighted by Crippen LogP contribution is 2.37. The highest BCUT2D eigenvalue weighted by atomic mass is 32.1. The highest BCUT2D eigenvalue weighted by molar-refractivity contribution is 7.80. The Bertz CT molecular complexity index is 309. The Balaban J connectivity index is 2.96. The van der Waals surface area contributed by atoms with Gasteiger partial charge in [0.1, 0.15) is 0 Å². The van der Waals surface area contributed by atoms with E-state index in [0.717, 1.165) is 32.1 Å². The van der Waals surface area contributed by atoms with E-state index in [2.05, 4.69) is 13.8 Å². The Kier molecular flexibility index (Phi) is 5.57. The third kappa shape index (κ3) is 3.02. The molecule has 1 atom stereocenters. The van der Waals surface area contributed by atoms with Crippen LogP contribution in [0.25, 0.3) is 0 Å². The highest BCUT2D eigenvalue weighted by Gasteiger charge is 2.43. The van der Waals surface area contributed by atoms with Gasteiger partial charge in [0, 0.05) is 13.1 Å². The van der Waals surface area contributed by atoms with Crippen molar-refractivity contribution in [2.75, 3.05) is 7.05 Å². The summed E-state index contributed by atoms with van der Waals surface area (Å²) in [5, 5.41) is 0. The zero-order valence-electron chi connectivity index (χ0n) is 11.9. The maximum absolute atomic E-state index is 12.8. The topological polar surface area (TPSA) is 46.3 Å². The van der Waals surface area contributed by atoms with Gasteiger partial charge in [0.2, 0.25) is 5.91 Å². The lowest BCUT2D eigenvalue weighted by Gasteiger charge is -2.36. The summed E-state index contributed by atoms with van der Waals surface area (Å²) in [5.74, 6) is 0.131. The molecule has 0 spiro atoms. The van der Waals surface area contributed by atoms with Crippen LogP contribution in [-0.4, -0.2) is 28.9 Å². The number of carbonyl (C=O) groups is 1. The molecule has 1 saturated carbocycles. The molecular weight excluding hydrogens is 244 g/mol. The van der Waals surface area contributed by atoms with Crippen molar-refractivity contribution < 1.29 is 4.79 Å². The number of carbonyl (C=O) groups excluding carboxylic acids is 1. The van der Waals surface area contributed by atoms with E-state index >= 15 is 0 Å². The molecule has 2 N–H and O–H groups in total. The van der Waals surface area contributed by atoms with Gasteiger partial charge in [-0.25, -0.2) is 0 Å². The summed E-state index contributed by atoms with van der Waals surface area (Å²) in [4.78, 5) is 15.0. The first-order chi connectivity index (χ1) is 8.45. The van der Waals surface area contributed by atoms with Crippen LogP contribution in [0.5, 0.6) is 0 Å². The van der Waals surface area contributed by atoms with Crippen molar-refractivity contribution in [1.82, 2.24) is 4.90 Å².